The van der Waals surface area contributed by atoms with Gasteiger partial charge in [-0.05, 0) is 31.5 Å². The highest BCUT2D eigenvalue weighted by Gasteiger charge is 2.15. The van der Waals surface area contributed by atoms with Gasteiger partial charge in [-0.3, -0.25) is 4.79 Å². The molecule has 5 nitrogen and oxygen atoms in total. The van der Waals surface area contributed by atoms with Crippen LogP contribution in [0.3, 0.4) is 0 Å². The van der Waals surface area contributed by atoms with E-state index < -0.39 is 12.0 Å². The Labute approximate surface area is 162 Å². The molecule has 1 unspecified atom stereocenters. The summed E-state index contributed by atoms with van der Waals surface area (Å²) in [4.78, 5) is 10.9. The van der Waals surface area contributed by atoms with Crippen molar-refractivity contribution in [1.29, 1.82) is 0 Å². The van der Waals surface area contributed by atoms with Gasteiger partial charge in [-0.2, -0.15) is 0 Å². The van der Waals surface area contributed by atoms with Crippen molar-refractivity contribution in [3.8, 4) is 11.5 Å². The number of halogens is 2. The predicted octanol–water partition coefficient (Wildman–Crippen LogP) is 4.53. The minimum absolute atomic E-state index is 0.281. The first-order chi connectivity index (χ1) is 12.4. The summed E-state index contributed by atoms with van der Waals surface area (Å²) in [5.74, 6) is 0.126. The van der Waals surface area contributed by atoms with Crippen LogP contribution in [0.25, 0.3) is 0 Å². The lowest BCUT2D eigenvalue weighted by atomic mass is 10.1. The van der Waals surface area contributed by atoms with Crippen molar-refractivity contribution < 1.29 is 19.4 Å². The maximum atomic E-state index is 10.9. The molecule has 0 saturated carbocycles. The fourth-order valence-electron chi connectivity index (χ4n) is 2.22. The van der Waals surface area contributed by atoms with Gasteiger partial charge in [0, 0.05) is 28.2 Å². The second kappa shape index (κ2) is 9.67. The molecule has 2 rings (SSSR count). The van der Waals surface area contributed by atoms with Crippen molar-refractivity contribution in [2.45, 2.75) is 33.0 Å². The Hall–Kier alpha value is -1.95. The first-order valence-electron chi connectivity index (χ1n) is 8.20. The standard InChI is InChI=1S/C19H21Cl2NO4/c1-3-25-17-8-14(10-22-12(2)19(23)24)16(21)9-18(17)26-11-13-6-4-5-7-15(13)20/h4-9,12,22H,3,10-11H2,1-2H3,(H,23,24). The fraction of sp³-hybridized carbons (Fsp3) is 0.316. The molecule has 0 aliphatic carbocycles. The average molecular weight is 398 g/mol. The van der Waals surface area contributed by atoms with Crippen LogP contribution in [0.4, 0.5) is 0 Å². The van der Waals surface area contributed by atoms with E-state index in [1.807, 2.05) is 25.1 Å². The van der Waals surface area contributed by atoms with Gasteiger partial charge in [-0.15, -0.1) is 0 Å². The van der Waals surface area contributed by atoms with Crippen LogP contribution in [-0.2, 0) is 17.9 Å². The number of rotatable bonds is 9. The van der Waals surface area contributed by atoms with Crippen LogP contribution in [0.2, 0.25) is 10.0 Å². The first kappa shape index (κ1) is 20.4. The maximum Gasteiger partial charge on any atom is 0.320 e. The number of carbonyl (C=O) groups is 1. The van der Waals surface area contributed by atoms with Crippen LogP contribution in [-0.4, -0.2) is 23.7 Å². The monoisotopic (exact) mass is 397 g/mol. The normalized spacial score (nSPS) is 11.8. The van der Waals surface area contributed by atoms with Gasteiger partial charge >= 0.3 is 5.97 Å². The molecule has 0 aliphatic heterocycles. The number of carboxylic acid groups (broad SMARTS) is 1. The molecule has 0 bridgehead atoms. The molecule has 1 atom stereocenters. The molecule has 0 amide bonds. The third-order valence-corrected chi connectivity index (χ3v) is 4.44. The molecule has 0 aromatic heterocycles. The first-order valence-corrected chi connectivity index (χ1v) is 8.95. The summed E-state index contributed by atoms with van der Waals surface area (Å²) in [5, 5.41) is 12.9. The van der Waals surface area contributed by atoms with E-state index in [1.165, 1.54) is 0 Å². The number of aliphatic carboxylic acids is 1. The molecule has 0 fully saturated rings. The summed E-state index contributed by atoms with van der Waals surface area (Å²) < 4.78 is 11.5. The van der Waals surface area contributed by atoms with Crippen molar-refractivity contribution in [2.75, 3.05) is 6.61 Å². The molecule has 2 aromatic rings. The second-order valence-corrected chi connectivity index (χ2v) is 6.46. The zero-order valence-electron chi connectivity index (χ0n) is 14.6. The third kappa shape index (κ3) is 5.53. The van der Waals surface area contributed by atoms with Crippen LogP contribution in [0.5, 0.6) is 11.5 Å². The Bertz CT molecular complexity index is 767. The Balaban J connectivity index is 2.17. The molecule has 0 heterocycles. The van der Waals surface area contributed by atoms with Gasteiger partial charge in [0.25, 0.3) is 0 Å². The highest BCUT2D eigenvalue weighted by molar-refractivity contribution is 6.31. The van der Waals surface area contributed by atoms with Crippen LogP contribution in [0, 0.1) is 0 Å². The third-order valence-electron chi connectivity index (χ3n) is 3.72. The quantitative estimate of drug-likeness (QED) is 0.650. The maximum absolute atomic E-state index is 10.9. The van der Waals surface area contributed by atoms with Gasteiger partial charge in [0.05, 0.1) is 6.61 Å². The predicted molar refractivity (Wildman–Crippen MR) is 102 cm³/mol. The lowest BCUT2D eigenvalue weighted by molar-refractivity contribution is -0.139. The summed E-state index contributed by atoms with van der Waals surface area (Å²) in [6.45, 7) is 4.49. The summed E-state index contributed by atoms with van der Waals surface area (Å²) in [7, 11) is 0. The van der Waals surface area contributed by atoms with Gasteiger partial charge < -0.3 is 19.9 Å². The molecule has 0 spiro atoms. The van der Waals surface area contributed by atoms with Gasteiger partial charge in [0.2, 0.25) is 0 Å². The molecule has 2 aromatic carbocycles. The van der Waals surface area contributed by atoms with Crippen molar-refractivity contribution in [2.24, 2.45) is 0 Å². The zero-order valence-corrected chi connectivity index (χ0v) is 16.1. The van der Waals surface area contributed by atoms with E-state index in [1.54, 1.807) is 25.1 Å². The lowest BCUT2D eigenvalue weighted by Gasteiger charge is -2.16. The van der Waals surface area contributed by atoms with E-state index in [0.29, 0.717) is 34.7 Å². The summed E-state index contributed by atoms with van der Waals surface area (Å²) in [6.07, 6.45) is 0. The van der Waals surface area contributed by atoms with Gasteiger partial charge in [-0.1, -0.05) is 41.4 Å². The molecule has 26 heavy (non-hydrogen) atoms. The Morgan fingerprint density at radius 3 is 2.46 bits per heavy atom. The molecular formula is C19H21Cl2NO4. The number of benzene rings is 2. The van der Waals surface area contributed by atoms with Crippen molar-refractivity contribution in [3.05, 3.63) is 57.6 Å². The van der Waals surface area contributed by atoms with Crippen LogP contribution < -0.4 is 14.8 Å². The number of ether oxygens (including phenoxy) is 2. The number of hydrogen-bond acceptors (Lipinski definition) is 4. The van der Waals surface area contributed by atoms with Gasteiger partial charge in [0.1, 0.15) is 12.6 Å². The summed E-state index contributed by atoms with van der Waals surface area (Å²) in [5.41, 5.74) is 1.59. The van der Waals surface area contributed by atoms with Crippen molar-refractivity contribution >= 4 is 29.2 Å². The van der Waals surface area contributed by atoms with E-state index in [0.717, 1.165) is 11.1 Å². The summed E-state index contributed by atoms with van der Waals surface area (Å²) >= 11 is 12.5. The van der Waals surface area contributed by atoms with Crippen LogP contribution >= 0.6 is 23.2 Å². The van der Waals surface area contributed by atoms with E-state index in [9.17, 15) is 4.79 Å². The minimum atomic E-state index is -0.925. The summed E-state index contributed by atoms with van der Waals surface area (Å²) in [6, 6.07) is 10.2. The highest BCUT2D eigenvalue weighted by atomic mass is 35.5. The molecular weight excluding hydrogens is 377 g/mol. The molecule has 140 valence electrons. The lowest BCUT2D eigenvalue weighted by Crippen LogP contribution is -2.33. The molecule has 0 aliphatic rings. The van der Waals surface area contributed by atoms with Gasteiger partial charge in [-0.25, -0.2) is 0 Å². The fourth-order valence-corrected chi connectivity index (χ4v) is 2.63. The van der Waals surface area contributed by atoms with E-state index in [2.05, 4.69) is 5.32 Å². The molecule has 7 heteroatoms. The largest absolute Gasteiger partial charge is 0.490 e. The topological polar surface area (TPSA) is 67.8 Å². The van der Waals surface area contributed by atoms with Crippen LogP contribution in [0.1, 0.15) is 25.0 Å². The molecule has 2 N–H and O–H groups in total. The Morgan fingerprint density at radius 1 is 1.12 bits per heavy atom. The Kier molecular flexibility index (Phi) is 7.57. The average Bonchev–Trinajstić information content (AvgIpc) is 2.61. The van der Waals surface area contributed by atoms with Crippen LogP contribution in [0.15, 0.2) is 36.4 Å². The second-order valence-electron chi connectivity index (χ2n) is 5.64. The van der Waals surface area contributed by atoms with E-state index >= 15 is 0 Å². The minimum Gasteiger partial charge on any atom is -0.490 e. The molecule has 0 radical (unpaired) electrons. The number of hydrogen-bond donors (Lipinski definition) is 2. The number of nitrogens with one attached hydrogen (secondary N) is 1. The van der Waals surface area contributed by atoms with E-state index in [4.69, 9.17) is 37.8 Å². The highest BCUT2D eigenvalue weighted by Crippen LogP contribution is 2.34. The zero-order chi connectivity index (χ0) is 19.1. The van der Waals surface area contributed by atoms with Crippen molar-refractivity contribution in [3.63, 3.8) is 0 Å². The van der Waals surface area contributed by atoms with E-state index in [-0.39, 0.29) is 6.61 Å². The smallest absolute Gasteiger partial charge is 0.320 e. The van der Waals surface area contributed by atoms with Crippen molar-refractivity contribution in [1.82, 2.24) is 5.32 Å². The van der Waals surface area contributed by atoms with Gasteiger partial charge in [0.15, 0.2) is 11.5 Å². The Morgan fingerprint density at radius 2 is 1.81 bits per heavy atom. The SMILES string of the molecule is CCOc1cc(CNC(C)C(=O)O)c(Cl)cc1OCc1ccccc1Cl. The number of carboxylic acids is 1. The molecule has 0 saturated heterocycles.